The normalized spacial score (nSPS) is 16.2. The quantitative estimate of drug-likeness (QED) is 0.0507. The number of nitrogens with zero attached hydrogens (tertiary/aromatic N) is 9. The molecule has 1 unspecified atom stereocenters. The molecule has 0 spiro atoms. The summed E-state index contributed by atoms with van der Waals surface area (Å²) in [6, 6.07) is 10.4. The number of hydrogen-bond donors (Lipinski definition) is 3. The first-order valence-corrected chi connectivity index (χ1v) is 26.9. The first-order valence-electron chi connectivity index (χ1n) is 25.4. The van der Waals surface area contributed by atoms with Crippen LogP contribution < -0.4 is 25.3 Å². The van der Waals surface area contributed by atoms with Crippen molar-refractivity contribution in [1.82, 2.24) is 58.9 Å². The van der Waals surface area contributed by atoms with Crippen LogP contribution >= 0.6 is 0 Å². The lowest BCUT2D eigenvalue weighted by molar-refractivity contribution is 0.0850. The van der Waals surface area contributed by atoms with Gasteiger partial charge in [-0.2, -0.15) is 10.2 Å². The van der Waals surface area contributed by atoms with Crippen molar-refractivity contribution in [2.45, 2.75) is 102 Å². The van der Waals surface area contributed by atoms with Gasteiger partial charge in [-0.1, -0.05) is 33.6 Å². The van der Waals surface area contributed by atoms with Crippen LogP contribution in [0.5, 0.6) is 11.5 Å². The topological polar surface area (TPSA) is 219 Å². The highest BCUT2D eigenvalue weighted by molar-refractivity contribution is 7.89. The van der Waals surface area contributed by atoms with E-state index in [0.29, 0.717) is 100 Å². The number of aromatic amines is 2. The number of benzene rings is 2. The molecule has 8 rings (SSSR count). The summed E-state index contributed by atoms with van der Waals surface area (Å²) in [4.78, 5) is 63.3. The van der Waals surface area contributed by atoms with Crippen molar-refractivity contribution in [3.05, 3.63) is 74.1 Å². The number of ketones is 1. The van der Waals surface area contributed by atoms with Gasteiger partial charge in [0.2, 0.25) is 10.0 Å². The largest absolute Gasteiger partial charge is 0.493 e. The maximum atomic E-state index is 13.8. The van der Waals surface area contributed by atoms with Gasteiger partial charge in [0.25, 0.3) is 11.1 Å². The molecule has 0 bridgehead atoms. The van der Waals surface area contributed by atoms with Crippen LogP contribution in [0.3, 0.4) is 0 Å². The first kappa shape index (κ1) is 51.6. The molecular weight excluding hydrogens is 925 g/mol. The number of aryl methyl sites for hydroxylation is 4. The Morgan fingerprint density at radius 3 is 1.92 bits per heavy atom. The summed E-state index contributed by atoms with van der Waals surface area (Å²) < 4.78 is 45.1. The third-order valence-electron chi connectivity index (χ3n) is 13.7. The van der Waals surface area contributed by atoms with Crippen LogP contribution in [-0.2, 0) is 37.0 Å². The van der Waals surface area contributed by atoms with E-state index in [1.165, 1.54) is 12.1 Å². The van der Waals surface area contributed by atoms with Crippen LogP contribution in [0.2, 0.25) is 0 Å². The zero-order chi connectivity index (χ0) is 50.2. The summed E-state index contributed by atoms with van der Waals surface area (Å²) >= 11 is 0. The van der Waals surface area contributed by atoms with Gasteiger partial charge in [0.15, 0.2) is 16.8 Å². The second-order valence-corrected chi connectivity index (χ2v) is 20.8. The van der Waals surface area contributed by atoms with Crippen LogP contribution in [-0.4, -0.2) is 147 Å². The highest BCUT2D eigenvalue weighted by atomic mass is 32.2. The minimum Gasteiger partial charge on any atom is -0.493 e. The fourth-order valence-electron chi connectivity index (χ4n) is 9.81. The monoisotopic (exact) mass is 995 g/mol. The van der Waals surface area contributed by atoms with Crippen molar-refractivity contribution in [3.63, 3.8) is 0 Å². The Bertz CT molecular complexity index is 3060. The molecule has 0 aliphatic carbocycles. The standard InChI is InChI=1S/C51H70N12O7S/c1-7-14-39-44-46(60(5)57-39)50(65)55-48(53-44)37-31-34(17-19-42(37)69-29-8-2)41(64)33-63-27-25-62(26-28-63)24-12-10-11-16-40-45-47(61(6)58-40)51(66)56-49(54-45)38-32-36(18-20-43(38)70-30-9-3)71(67,68)52-22-21-35-15-13-23-59(35)4/h17-20,31-32,35,52H,7-16,21-30,33H2,1-6H3,(H,53,55,65)(H,54,56,66). The van der Waals surface area contributed by atoms with Crippen molar-refractivity contribution in [2.75, 3.05) is 72.6 Å². The Kier molecular flexibility index (Phi) is 16.8. The number of sulfonamides is 1. The Morgan fingerprint density at radius 2 is 1.32 bits per heavy atom. The summed E-state index contributed by atoms with van der Waals surface area (Å²) in [6.07, 6.45) is 9.37. The minimum atomic E-state index is -3.85. The lowest BCUT2D eigenvalue weighted by Gasteiger charge is -2.34. The molecule has 6 aromatic rings. The van der Waals surface area contributed by atoms with Gasteiger partial charge >= 0.3 is 0 Å². The predicted octanol–water partition coefficient (Wildman–Crippen LogP) is 5.47. The van der Waals surface area contributed by atoms with E-state index in [-0.39, 0.29) is 34.2 Å². The molecule has 4 aromatic heterocycles. The number of H-pyrrole nitrogens is 2. The summed E-state index contributed by atoms with van der Waals surface area (Å²) in [5.74, 6) is 1.55. The molecule has 0 saturated carbocycles. The van der Waals surface area contributed by atoms with E-state index < -0.39 is 10.0 Å². The van der Waals surface area contributed by atoms with E-state index >= 15 is 0 Å². The smallest absolute Gasteiger partial charge is 0.277 e. The Labute approximate surface area is 415 Å². The van der Waals surface area contributed by atoms with Crippen molar-refractivity contribution in [2.24, 2.45) is 14.1 Å². The molecule has 382 valence electrons. The van der Waals surface area contributed by atoms with Gasteiger partial charge in [0.1, 0.15) is 34.2 Å². The van der Waals surface area contributed by atoms with Gasteiger partial charge in [-0.25, -0.2) is 23.1 Å². The number of unbranched alkanes of at least 4 members (excludes halogenated alkanes) is 2. The molecule has 20 heteroatoms. The van der Waals surface area contributed by atoms with Crippen LogP contribution in [0.25, 0.3) is 44.8 Å². The third kappa shape index (κ3) is 11.9. The van der Waals surface area contributed by atoms with Crippen molar-refractivity contribution < 1.29 is 22.7 Å². The molecule has 71 heavy (non-hydrogen) atoms. The minimum absolute atomic E-state index is 0.0126. The maximum absolute atomic E-state index is 13.8. The van der Waals surface area contributed by atoms with Gasteiger partial charge in [-0.15, -0.1) is 0 Å². The average Bonchev–Trinajstić information content (AvgIpc) is 4.03. The van der Waals surface area contributed by atoms with Crippen LogP contribution in [0.1, 0.15) is 100 Å². The number of carbonyl (C=O) groups is 1. The maximum Gasteiger partial charge on any atom is 0.277 e. The van der Waals surface area contributed by atoms with Gasteiger partial charge in [0, 0.05) is 58.4 Å². The SMILES string of the molecule is CCCOc1ccc(C(=O)CN2CCN(CCCCCc3nn(C)c4c(=O)[nH]c(-c5cc(S(=O)(=O)NCCC6CCCN6C)ccc5OCCC)nc34)CC2)cc1-c1nc2c(CCC)nn(C)c2c(=O)[nH]1. The van der Waals surface area contributed by atoms with E-state index in [0.717, 1.165) is 103 Å². The number of ether oxygens (including phenoxy) is 2. The fraction of sp³-hybridized carbons (Fsp3) is 0.549. The molecular formula is C51H70N12O7S. The van der Waals surface area contributed by atoms with Crippen LogP contribution in [0.15, 0.2) is 50.9 Å². The molecule has 6 heterocycles. The number of Topliss-reactive ketones (excluding diaryl/α,β-unsaturated/α-hetero) is 1. The second-order valence-electron chi connectivity index (χ2n) is 19.0. The molecule has 0 radical (unpaired) electrons. The molecule has 19 nitrogen and oxygen atoms in total. The number of carbonyl (C=O) groups excluding carboxylic acids is 1. The van der Waals surface area contributed by atoms with Crippen molar-refractivity contribution in [3.8, 4) is 34.3 Å². The molecule has 1 atom stereocenters. The lowest BCUT2D eigenvalue weighted by Crippen LogP contribution is -2.48. The summed E-state index contributed by atoms with van der Waals surface area (Å²) in [7, 11) is 1.70. The fourth-order valence-corrected chi connectivity index (χ4v) is 10.9. The van der Waals surface area contributed by atoms with Crippen molar-refractivity contribution >= 4 is 37.9 Å². The molecule has 0 amide bonds. The number of likely N-dealkylation sites (tertiary alicyclic amines) is 1. The predicted molar refractivity (Wildman–Crippen MR) is 275 cm³/mol. The number of nitrogens with one attached hydrogen (secondary N) is 3. The zero-order valence-electron chi connectivity index (χ0n) is 42.2. The molecule has 2 saturated heterocycles. The molecule has 3 N–H and O–H groups in total. The second kappa shape index (κ2) is 23.2. The van der Waals surface area contributed by atoms with Crippen molar-refractivity contribution in [1.29, 1.82) is 0 Å². The summed E-state index contributed by atoms with van der Waals surface area (Å²) in [5, 5.41) is 9.27. The highest BCUT2D eigenvalue weighted by Crippen LogP contribution is 2.33. The van der Waals surface area contributed by atoms with Gasteiger partial charge < -0.3 is 29.2 Å². The van der Waals surface area contributed by atoms with Crippen LogP contribution in [0, 0.1) is 0 Å². The third-order valence-corrected chi connectivity index (χ3v) is 15.1. The number of hydrogen-bond acceptors (Lipinski definition) is 14. The van der Waals surface area contributed by atoms with E-state index in [1.54, 1.807) is 47.7 Å². The number of fused-ring (bicyclic) bond motifs is 2. The number of aromatic nitrogens is 8. The van der Waals surface area contributed by atoms with E-state index in [2.05, 4.69) is 48.5 Å². The summed E-state index contributed by atoms with van der Waals surface area (Å²) in [5.41, 5.74) is 4.13. The lowest BCUT2D eigenvalue weighted by atomic mass is 10.0. The number of rotatable bonds is 24. The Balaban J connectivity index is 0.863. The molecule has 2 aliphatic rings. The van der Waals surface area contributed by atoms with Gasteiger partial charge in [-0.05, 0) is 114 Å². The van der Waals surface area contributed by atoms with Gasteiger partial charge in [-0.3, -0.25) is 28.6 Å². The molecule has 2 aliphatic heterocycles. The zero-order valence-corrected chi connectivity index (χ0v) is 43.0. The van der Waals surface area contributed by atoms with Gasteiger partial charge in [0.05, 0.1) is 47.2 Å². The molecule has 2 aromatic carbocycles. The summed E-state index contributed by atoms with van der Waals surface area (Å²) in [6.45, 7) is 12.7. The molecule has 2 fully saturated rings. The Morgan fingerprint density at radius 1 is 0.732 bits per heavy atom. The van der Waals surface area contributed by atoms with E-state index in [9.17, 15) is 22.8 Å². The Hall–Kier alpha value is -5.80. The average molecular weight is 995 g/mol. The first-order chi connectivity index (χ1) is 34.3. The van der Waals surface area contributed by atoms with E-state index in [4.69, 9.17) is 24.5 Å². The van der Waals surface area contributed by atoms with Crippen LogP contribution in [0.4, 0.5) is 0 Å². The highest BCUT2D eigenvalue weighted by Gasteiger charge is 2.26. The van der Waals surface area contributed by atoms with E-state index in [1.807, 2.05) is 13.8 Å². The number of piperazine rings is 1.